The summed E-state index contributed by atoms with van der Waals surface area (Å²) in [5.74, 6) is 1.43. The van der Waals surface area contributed by atoms with E-state index in [4.69, 9.17) is 4.42 Å². The average molecular weight is 264 g/mol. The van der Waals surface area contributed by atoms with Crippen molar-refractivity contribution in [2.75, 3.05) is 26.7 Å². The van der Waals surface area contributed by atoms with Crippen LogP contribution in [0, 0.1) is 5.92 Å². The van der Waals surface area contributed by atoms with Gasteiger partial charge in [-0.25, -0.2) is 4.79 Å². The second kappa shape index (κ2) is 5.35. The SMILES string of the molecule is COC(=O)c1ccc(CNC2CN3CCC2CC3)o1. The van der Waals surface area contributed by atoms with Gasteiger partial charge in [0, 0.05) is 12.6 Å². The van der Waals surface area contributed by atoms with Crippen molar-refractivity contribution in [2.24, 2.45) is 5.92 Å². The Morgan fingerprint density at radius 3 is 2.89 bits per heavy atom. The van der Waals surface area contributed by atoms with E-state index in [1.165, 1.54) is 33.0 Å². The zero-order chi connectivity index (χ0) is 13.2. The number of nitrogens with zero attached hydrogens (tertiary/aromatic N) is 1. The molecular formula is C14H20N2O3. The van der Waals surface area contributed by atoms with Crippen LogP contribution in [0.5, 0.6) is 0 Å². The molecule has 4 rings (SSSR count). The van der Waals surface area contributed by atoms with Gasteiger partial charge in [-0.2, -0.15) is 0 Å². The lowest BCUT2D eigenvalue weighted by molar-refractivity contribution is 0.0560. The van der Waals surface area contributed by atoms with E-state index in [2.05, 4.69) is 15.0 Å². The summed E-state index contributed by atoms with van der Waals surface area (Å²) in [7, 11) is 1.36. The number of rotatable bonds is 4. The van der Waals surface area contributed by atoms with Crippen LogP contribution >= 0.6 is 0 Å². The maximum absolute atomic E-state index is 11.3. The van der Waals surface area contributed by atoms with Crippen LogP contribution in [0.3, 0.4) is 0 Å². The fraction of sp³-hybridized carbons (Fsp3) is 0.643. The van der Waals surface area contributed by atoms with Gasteiger partial charge in [0.2, 0.25) is 5.76 Å². The Kier molecular flexibility index (Phi) is 3.57. The number of piperidine rings is 3. The number of nitrogens with one attached hydrogen (secondary N) is 1. The number of furan rings is 1. The maximum Gasteiger partial charge on any atom is 0.373 e. The third-order valence-electron chi connectivity index (χ3n) is 4.24. The summed E-state index contributed by atoms with van der Waals surface area (Å²) < 4.78 is 10.1. The lowest BCUT2D eigenvalue weighted by atomic mass is 9.84. The first kappa shape index (κ1) is 12.7. The van der Waals surface area contributed by atoms with Crippen LogP contribution in [0.25, 0.3) is 0 Å². The standard InChI is InChI=1S/C14H20N2O3/c1-18-14(17)13-3-2-11(19-13)8-15-12-9-16-6-4-10(12)5-7-16/h2-3,10,12,15H,4-9H2,1H3. The molecule has 3 saturated heterocycles. The Balaban J connectivity index is 1.55. The van der Waals surface area contributed by atoms with Gasteiger partial charge in [0.25, 0.3) is 0 Å². The lowest BCUT2D eigenvalue weighted by Crippen LogP contribution is -2.55. The van der Waals surface area contributed by atoms with Gasteiger partial charge in [0.05, 0.1) is 13.7 Å². The number of fused-ring (bicyclic) bond motifs is 3. The van der Waals surface area contributed by atoms with Crippen molar-refractivity contribution in [2.45, 2.75) is 25.4 Å². The van der Waals surface area contributed by atoms with Gasteiger partial charge in [-0.05, 0) is 44.0 Å². The van der Waals surface area contributed by atoms with Crippen LogP contribution in [-0.4, -0.2) is 43.7 Å². The molecule has 3 fully saturated rings. The Morgan fingerprint density at radius 2 is 2.26 bits per heavy atom. The monoisotopic (exact) mass is 264 g/mol. The second-order valence-electron chi connectivity index (χ2n) is 5.38. The molecule has 104 valence electrons. The first-order valence-corrected chi connectivity index (χ1v) is 6.89. The summed E-state index contributed by atoms with van der Waals surface area (Å²) in [6, 6.07) is 4.05. The highest BCUT2D eigenvalue weighted by Gasteiger charge is 2.33. The molecule has 1 aromatic heterocycles. The molecule has 0 amide bonds. The zero-order valence-electron chi connectivity index (χ0n) is 11.2. The minimum absolute atomic E-state index is 0.271. The van der Waals surface area contributed by atoms with Gasteiger partial charge < -0.3 is 19.4 Å². The van der Waals surface area contributed by atoms with Crippen molar-refractivity contribution < 1.29 is 13.9 Å². The van der Waals surface area contributed by atoms with Gasteiger partial charge in [-0.15, -0.1) is 0 Å². The van der Waals surface area contributed by atoms with Gasteiger partial charge in [0.15, 0.2) is 0 Å². The molecule has 0 saturated carbocycles. The van der Waals surface area contributed by atoms with Crippen LogP contribution in [0.1, 0.15) is 29.2 Å². The van der Waals surface area contributed by atoms with E-state index in [9.17, 15) is 4.79 Å². The summed E-state index contributed by atoms with van der Waals surface area (Å²) in [5, 5.41) is 3.55. The first-order valence-electron chi connectivity index (χ1n) is 6.89. The maximum atomic E-state index is 11.3. The van der Waals surface area contributed by atoms with Crippen molar-refractivity contribution in [3.63, 3.8) is 0 Å². The minimum Gasteiger partial charge on any atom is -0.463 e. The highest BCUT2D eigenvalue weighted by molar-refractivity contribution is 5.86. The fourth-order valence-corrected chi connectivity index (χ4v) is 3.11. The summed E-state index contributed by atoms with van der Waals surface area (Å²) in [4.78, 5) is 13.8. The van der Waals surface area contributed by atoms with E-state index in [0.717, 1.165) is 18.2 Å². The summed E-state index contributed by atoms with van der Waals surface area (Å²) in [6.07, 6.45) is 2.59. The number of carbonyl (C=O) groups excluding carboxylic acids is 1. The first-order chi connectivity index (χ1) is 9.26. The average Bonchev–Trinajstić information content (AvgIpc) is 2.94. The predicted molar refractivity (Wildman–Crippen MR) is 69.8 cm³/mol. The Hall–Kier alpha value is -1.33. The van der Waals surface area contributed by atoms with Crippen molar-refractivity contribution >= 4 is 5.97 Å². The quantitative estimate of drug-likeness (QED) is 0.829. The number of esters is 1. The zero-order valence-corrected chi connectivity index (χ0v) is 11.2. The number of hydrogen-bond acceptors (Lipinski definition) is 5. The van der Waals surface area contributed by atoms with Gasteiger partial charge in [-0.3, -0.25) is 0 Å². The molecule has 0 radical (unpaired) electrons. The lowest BCUT2D eigenvalue weighted by Gasteiger charge is -2.45. The summed E-state index contributed by atoms with van der Waals surface area (Å²) in [6.45, 7) is 4.30. The highest BCUT2D eigenvalue weighted by atomic mass is 16.5. The Bertz CT molecular complexity index is 449. The van der Waals surface area contributed by atoms with E-state index in [1.54, 1.807) is 6.07 Å². The summed E-state index contributed by atoms with van der Waals surface area (Å²) >= 11 is 0. The van der Waals surface area contributed by atoms with Crippen LogP contribution in [0.2, 0.25) is 0 Å². The van der Waals surface area contributed by atoms with Crippen molar-refractivity contribution in [1.82, 2.24) is 10.2 Å². The largest absolute Gasteiger partial charge is 0.463 e. The third-order valence-corrected chi connectivity index (χ3v) is 4.24. The van der Waals surface area contributed by atoms with Crippen molar-refractivity contribution in [1.29, 1.82) is 0 Å². The molecule has 1 unspecified atom stereocenters. The number of hydrogen-bond donors (Lipinski definition) is 1. The molecule has 1 aromatic rings. The smallest absolute Gasteiger partial charge is 0.373 e. The number of ether oxygens (including phenoxy) is 1. The summed E-state index contributed by atoms with van der Waals surface area (Å²) in [5.41, 5.74) is 0. The van der Waals surface area contributed by atoms with E-state index < -0.39 is 5.97 Å². The molecule has 0 spiro atoms. The fourth-order valence-electron chi connectivity index (χ4n) is 3.11. The second-order valence-corrected chi connectivity index (χ2v) is 5.38. The molecule has 5 heteroatoms. The molecule has 3 aliphatic rings. The van der Waals surface area contributed by atoms with E-state index in [1.807, 2.05) is 6.07 Å². The van der Waals surface area contributed by atoms with E-state index in [0.29, 0.717) is 12.6 Å². The highest BCUT2D eigenvalue weighted by Crippen LogP contribution is 2.27. The van der Waals surface area contributed by atoms with Crippen LogP contribution in [-0.2, 0) is 11.3 Å². The number of carbonyl (C=O) groups is 1. The molecule has 3 aliphatic heterocycles. The molecule has 5 nitrogen and oxygen atoms in total. The normalized spacial score (nSPS) is 29.4. The van der Waals surface area contributed by atoms with Gasteiger partial charge in [-0.1, -0.05) is 0 Å². The Labute approximate surface area is 112 Å². The van der Waals surface area contributed by atoms with Crippen LogP contribution in [0.15, 0.2) is 16.5 Å². The molecule has 1 N–H and O–H groups in total. The van der Waals surface area contributed by atoms with Crippen molar-refractivity contribution in [3.8, 4) is 0 Å². The van der Waals surface area contributed by atoms with Crippen molar-refractivity contribution in [3.05, 3.63) is 23.7 Å². The van der Waals surface area contributed by atoms with Gasteiger partial charge in [0.1, 0.15) is 5.76 Å². The molecule has 0 aromatic carbocycles. The molecule has 2 bridgehead atoms. The van der Waals surface area contributed by atoms with Crippen LogP contribution < -0.4 is 5.32 Å². The van der Waals surface area contributed by atoms with Gasteiger partial charge >= 0.3 is 5.97 Å². The predicted octanol–water partition coefficient (Wildman–Crippen LogP) is 1.25. The molecular weight excluding hydrogens is 244 g/mol. The van der Waals surface area contributed by atoms with Crippen LogP contribution in [0.4, 0.5) is 0 Å². The number of methoxy groups -OCH3 is 1. The third kappa shape index (κ3) is 2.67. The molecule has 19 heavy (non-hydrogen) atoms. The van der Waals surface area contributed by atoms with E-state index >= 15 is 0 Å². The Morgan fingerprint density at radius 1 is 1.47 bits per heavy atom. The molecule has 0 aliphatic carbocycles. The molecule has 4 heterocycles. The topological polar surface area (TPSA) is 54.7 Å². The molecule has 1 atom stereocenters. The van der Waals surface area contributed by atoms with E-state index in [-0.39, 0.29) is 5.76 Å². The minimum atomic E-state index is -0.422.